The number of pyridine rings is 1. The molecule has 1 heterocycles. The minimum Gasteiger partial charge on any atom is -0.325 e. The molecule has 3 rings (SSSR count). The molecule has 1 unspecified atom stereocenters. The van der Waals surface area contributed by atoms with Crippen molar-refractivity contribution in [2.24, 2.45) is 0 Å². The van der Waals surface area contributed by atoms with Gasteiger partial charge in [0.05, 0.1) is 16.5 Å². The Kier molecular flexibility index (Phi) is 5.36. The molecule has 26 heavy (non-hydrogen) atoms. The molecule has 0 aliphatic rings. The number of nitrogens with zero attached hydrogens (tertiary/aromatic N) is 1. The molecule has 0 saturated heterocycles. The first kappa shape index (κ1) is 18.5. The van der Waals surface area contributed by atoms with Crippen molar-refractivity contribution in [1.29, 1.82) is 0 Å². The molecule has 2 aromatic carbocycles. The van der Waals surface area contributed by atoms with Gasteiger partial charge >= 0.3 is 0 Å². The van der Waals surface area contributed by atoms with Gasteiger partial charge in [-0.1, -0.05) is 22.0 Å². The lowest BCUT2D eigenvalue weighted by molar-refractivity contribution is -0.117. The molecule has 1 amide bonds. The van der Waals surface area contributed by atoms with E-state index < -0.39 is 22.0 Å². The number of hydrogen-bond acceptors (Lipinski definition) is 4. The van der Waals surface area contributed by atoms with E-state index >= 15 is 0 Å². The second-order valence-electron chi connectivity index (χ2n) is 5.70. The molecule has 2 N–H and O–H groups in total. The van der Waals surface area contributed by atoms with Crippen LogP contribution in [0.25, 0.3) is 10.9 Å². The van der Waals surface area contributed by atoms with Crippen LogP contribution in [0.2, 0.25) is 0 Å². The number of carbonyl (C=O) groups excluding carboxylic acids is 1. The highest BCUT2D eigenvalue weighted by atomic mass is 79.9. The van der Waals surface area contributed by atoms with E-state index in [1.54, 1.807) is 36.5 Å². The van der Waals surface area contributed by atoms with Crippen molar-refractivity contribution in [1.82, 2.24) is 9.71 Å². The molecule has 1 atom stereocenters. The third-order valence-electron chi connectivity index (χ3n) is 3.72. The van der Waals surface area contributed by atoms with Crippen molar-refractivity contribution in [2.45, 2.75) is 17.9 Å². The lowest BCUT2D eigenvalue weighted by Crippen LogP contribution is -2.41. The van der Waals surface area contributed by atoms with E-state index in [2.05, 4.69) is 31.0 Å². The summed E-state index contributed by atoms with van der Waals surface area (Å²) in [5.41, 5.74) is 1.39. The molecular formula is C18H16BrN3O3S. The third-order valence-corrected chi connectivity index (χ3v) is 5.80. The number of carbonyl (C=O) groups is 1. The first-order valence-electron chi connectivity index (χ1n) is 7.79. The van der Waals surface area contributed by atoms with Crippen LogP contribution >= 0.6 is 15.9 Å². The van der Waals surface area contributed by atoms with Gasteiger partial charge in [-0.2, -0.15) is 4.72 Å². The van der Waals surface area contributed by atoms with Crippen LogP contribution in [0.3, 0.4) is 0 Å². The molecule has 0 aliphatic heterocycles. The van der Waals surface area contributed by atoms with Crippen LogP contribution in [0.1, 0.15) is 6.92 Å². The highest BCUT2D eigenvalue weighted by molar-refractivity contribution is 9.10. The van der Waals surface area contributed by atoms with Crippen molar-refractivity contribution in [3.05, 3.63) is 65.3 Å². The maximum absolute atomic E-state index is 12.4. The van der Waals surface area contributed by atoms with Crippen molar-refractivity contribution in [3.63, 3.8) is 0 Å². The number of benzene rings is 2. The molecule has 8 heteroatoms. The minimum absolute atomic E-state index is 0.0946. The maximum atomic E-state index is 12.4. The Bertz CT molecular complexity index is 1050. The van der Waals surface area contributed by atoms with Crippen LogP contribution in [0.4, 0.5) is 5.69 Å². The number of hydrogen-bond donors (Lipinski definition) is 2. The molecule has 0 bridgehead atoms. The van der Waals surface area contributed by atoms with Crippen LogP contribution in [0.15, 0.2) is 70.2 Å². The highest BCUT2D eigenvalue weighted by Crippen LogP contribution is 2.18. The van der Waals surface area contributed by atoms with Gasteiger partial charge in [0.1, 0.15) is 0 Å². The molecule has 0 saturated carbocycles. The molecule has 0 aliphatic carbocycles. The summed E-state index contributed by atoms with van der Waals surface area (Å²) < 4.78 is 27.9. The number of sulfonamides is 1. The summed E-state index contributed by atoms with van der Waals surface area (Å²) in [5.74, 6) is -0.450. The quantitative estimate of drug-likeness (QED) is 0.645. The van der Waals surface area contributed by atoms with Gasteiger partial charge in [-0.3, -0.25) is 9.78 Å². The summed E-state index contributed by atoms with van der Waals surface area (Å²) in [5, 5.41) is 3.60. The monoisotopic (exact) mass is 433 g/mol. The van der Waals surface area contributed by atoms with Crippen LogP contribution in [0.5, 0.6) is 0 Å². The Morgan fingerprint density at radius 3 is 2.58 bits per heavy atom. The standard InChI is InChI=1S/C18H16BrN3O3S/c1-12(22-26(24,25)16-7-4-14(19)5-8-16)18(23)21-15-6-9-17-13(11-15)3-2-10-20-17/h2-12,22H,1H3,(H,21,23). The summed E-state index contributed by atoms with van der Waals surface area (Å²) in [4.78, 5) is 16.7. The van der Waals surface area contributed by atoms with Gasteiger partial charge in [0.15, 0.2) is 0 Å². The van der Waals surface area contributed by atoms with Gasteiger partial charge in [-0.05, 0) is 55.5 Å². The Balaban J connectivity index is 1.71. The number of aromatic nitrogens is 1. The SMILES string of the molecule is CC(NS(=O)(=O)c1ccc(Br)cc1)C(=O)Nc1ccc2ncccc2c1. The second-order valence-corrected chi connectivity index (χ2v) is 8.33. The summed E-state index contributed by atoms with van der Waals surface area (Å²) in [6, 6.07) is 14.3. The summed E-state index contributed by atoms with van der Waals surface area (Å²) >= 11 is 3.26. The third kappa shape index (κ3) is 4.27. The molecule has 3 aromatic rings. The van der Waals surface area contributed by atoms with Gasteiger partial charge in [0.25, 0.3) is 0 Å². The molecule has 0 spiro atoms. The van der Waals surface area contributed by atoms with Crippen molar-refractivity contribution < 1.29 is 13.2 Å². The fourth-order valence-corrected chi connectivity index (χ4v) is 3.84. The normalized spacial score (nSPS) is 12.7. The largest absolute Gasteiger partial charge is 0.325 e. The minimum atomic E-state index is -3.79. The molecular weight excluding hydrogens is 418 g/mol. The van der Waals surface area contributed by atoms with E-state index in [0.717, 1.165) is 15.4 Å². The van der Waals surface area contributed by atoms with Crippen molar-refractivity contribution in [3.8, 4) is 0 Å². The lowest BCUT2D eigenvalue weighted by atomic mass is 10.2. The zero-order valence-electron chi connectivity index (χ0n) is 13.8. The average Bonchev–Trinajstić information content (AvgIpc) is 2.61. The number of fused-ring (bicyclic) bond motifs is 1. The molecule has 134 valence electrons. The molecule has 6 nitrogen and oxygen atoms in total. The number of amides is 1. The highest BCUT2D eigenvalue weighted by Gasteiger charge is 2.22. The van der Waals surface area contributed by atoms with Gasteiger partial charge in [-0.15, -0.1) is 0 Å². The number of nitrogens with one attached hydrogen (secondary N) is 2. The smallest absolute Gasteiger partial charge is 0.242 e. The predicted molar refractivity (Wildman–Crippen MR) is 104 cm³/mol. The van der Waals surface area contributed by atoms with E-state index in [1.807, 2.05) is 12.1 Å². The fourth-order valence-electron chi connectivity index (χ4n) is 2.37. The van der Waals surface area contributed by atoms with Gasteiger partial charge in [0, 0.05) is 21.7 Å². The van der Waals surface area contributed by atoms with Crippen molar-refractivity contribution >= 4 is 48.5 Å². The number of rotatable bonds is 5. The van der Waals surface area contributed by atoms with E-state index in [4.69, 9.17) is 0 Å². The van der Waals surface area contributed by atoms with E-state index in [-0.39, 0.29) is 4.90 Å². The Hall–Kier alpha value is -2.29. The van der Waals surface area contributed by atoms with Crippen LogP contribution in [-0.4, -0.2) is 25.4 Å². The molecule has 0 radical (unpaired) electrons. The van der Waals surface area contributed by atoms with E-state index in [1.165, 1.54) is 19.1 Å². The maximum Gasteiger partial charge on any atom is 0.242 e. The first-order valence-corrected chi connectivity index (χ1v) is 10.1. The van der Waals surface area contributed by atoms with Crippen LogP contribution in [-0.2, 0) is 14.8 Å². The Morgan fingerprint density at radius 2 is 1.85 bits per heavy atom. The van der Waals surface area contributed by atoms with E-state index in [0.29, 0.717) is 5.69 Å². The van der Waals surface area contributed by atoms with Gasteiger partial charge < -0.3 is 5.32 Å². The summed E-state index contributed by atoms with van der Waals surface area (Å²) in [6.07, 6.45) is 1.69. The number of halogens is 1. The molecule has 1 aromatic heterocycles. The second kappa shape index (κ2) is 7.53. The zero-order chi connectivity index (χ0) is 18.7. The number of anilines is 1. The Labute approximate surface area is 159 Å². The topological polar surface area (TPSA) is 88.2 Å². The first-order chi connectivity index (χ1) is 12.3. The summed E-state index contributed by atoms with van der Waals surface area (Å²) in [6.45, 7) is 1.49. The van der Waals surface area contributed by atoms with Crippen molar-refractivity contribution in [2.75, 3.05) is 5.32 Å². The van der Waals surface area contributed by atoms with E-state index in [9.17, 15) is 13.2 Å². The summed E-state index contributed by atoms with van der Waals surface area (Å²) in [7, 11) is -3.79. The van der Waals surface area contributed by atoms with Crippen LogP contribution in [0, 0.1) is 0 Å². The van der Waals surface area contributed by atoms with Gasteiger partial charge in [0.2, 0.25) is 15.9 Å². The average molecular weight is 434 g/mol. The predicted octanol–water partition coefficient (Wildman–Crippen LogP) is 3.30. The van der Waals surface area contributed by atoms with Gasteiger partial charge in [-0.25, -0.2) is 8.42 Å². The Morgan fingerprint density at radius 1 is 1.12 bits per heavy atom. The zero-order valence-corrected chi connectivity index (χ0v) is 16.2. The molecule has 0 fully saturated rings. The van der Waals surface area contributed by atoms with Crippen LogP contribution < -0.4 is 10.0 Å². The fraction of sp³-hybridized carbons (Fsp3) is 0.111. The lowest BCUT2D eigenvalue weighted by Gasteiger charge is -2.15.